The molecule has 0 radical (unpaired) electrons. The summed E-state index contributed by atoms with van der Waals surface area (Å²) in [6, 6.07) is 5.73. The predicted molar refractivity (Wildman–Crippen MR) is 93.7 cm³/mol. The fraction of sp³-hybridized carbons (Fsp3) is 0.556. The van der Waals surface area contributed by atoms with E-state index in [0.29, 0.717) is 37.6 Å². The van der Waals surface area contributed by atoms with Crippen LogP contribution in [-0.2, 0) is 16.0 Å². The maximum absolute atomic E-state index is 12.1. The summed E-state index contributed by atoms with van der Waals surface area (Å²) < 4.78 is 10.5. The smallest absolute Gasteiger partial charge is 0.275 e. The van der Waals surface area contributed by atoms with E-state index in [0.717, 1.165) is 29.8 Å². The Labute approximate surface area is 148 Å². The van der Waals surface area contributed by atoms with E-state index in [9.17, 15) is 9.59 Å². The van der Waals surface area contributed by atoms with Crippen molar-refractivity contribution in [3.05, 3.63) is 23.8 Å². The summed E-state index contributed by atoms with van der Waals surface area (Å²) >= 11 is 0. The normalized spacial score (nSPS) is 19.9. The molecule has 7 nitrogen and oxygen atoms in total. The highest BCUT2D eigenvalue weighted by Gasteiger charge is 2.28. The summed E-state index contributed by atoms with van der Waals surface area (Å²) in [4.78, 5) is 24.5. The van der Waals surface area contributed by atoms with Gasteiger partial charge in [-0.15, -0.1) is 0 Å². The molecule has 2 atom stereocenters. The molecule has 2 rings (SSSR count). The van der Waals surface area contributed by atoms with Gasteiger partial charge in [-0.3, -0.25) is 9.59 Å². The minimum absolute atomic E-state index is 0.000553. The molecule has 1 aliphatic heterocycles. The van der Waals surface area contributed by atoms with Gasteiger partial charge in [-0.1, -0.05) is 6.07 Å². The Bertz CT molecular complexity index is 606. The van der Waals surface area contributed by atoms with Gasteiger partial charge >= 0.3 is 0 Å². The molecule has 4 N–H and O–H groups in total. The highest BCUT2D eigenvalue weighted by atomic mass is 16.5. The van der Waals surface area contributed by atoms with Crippen molar-refractivity contribution < 1.29 is 24.0 Å². The number of rotatable bonds is 8. The van der Waals surface area contributed by atoms with Gasteiger partial charge in [-0.05, 0) is 37.0 Å². The molecule has 1 fully saturated rings. The topological polar surface area (TPSA) is 95.1 Å². The molecule has 0 bridgehead atoms. The van der Waals surface area contributed by atoms with Crippen LogP contribution in [0.2, 0.25) is 0 Å². The van der Waals surface area contributed by atoms with Crippen molar-refractivity contribution in [3.63, 3.8) is 0 Å². The van der Waals surface area contributed by atoms with E-state index >= 15 is 0 Å². The number of benzene rings is 1. The number of piperidine rings is 1. The van der Waals surface area contributed by atoms with Gasteiger partial charge in [0.05, 0.1) is 33.2 Å². The molecular formula is C18H28N3O4+. The number of primary amides is 1. The van der Waals surface area contributed by atoms with E-state index in [2.05, 4.69) is 5.32 Å². The van der Waals surface area contributed by atoms with Gasteiger partial charge in [0, 0.05) is 6.54 Å². The van der Waals surface area contributed by atoms with Gasteiger partial charge in [0.2, 0.25) is 5.91 Å². The Balaban J connectivity index is 1.76. The average molecular weight is 350 g/mol. The number of quaternary nitrogens is 1. The largest absolute Gasteiger partial charge is 0.493 e. The summed E-state index contributed by atoms with van der Waals surface area (Å²) in [6.07, 6.45) is 2.48. The van der Waals surface area contributed by atoms with Crippen LogP contribution < -0.4 is 25.4 Å². The monoisotopic (exact) mass is 350 g/mol. The Morgan fingerprint density at radius 3 is 2.72 bits per heavy atom. The first-order chi connectivity index (χ1) is 12.0. The number of likely N-dealkylation sites (tertiary alicyclic amines) is 1. The van der Waals surface area contributed by atoms with Gasteiger partial charge in [-0.2, -0.15) is 0 Å². The standard InChI is InChI=1S/C18H27N3O4/c1-24-15-6-5-13(10-16(15)25-2)7-8-20-17(22)12-21-9-3-4-14(11-21)18(19)23/h5-6,10,14H,3-4,7-9,11-12H2,1-2H3,(H2,19,23)(H,20,22)/p+1/t14-/m1/s1. The van der Waals surface area contributed by atoms with Crippen molar-refractivity contribution in [3.8, 4) is 11.5 Å². The highest BCUT2D eigenvalue weighted by molar-refractivity contribution is 5.77. The van der Waals surface area contributed by atoms with Gasteiger partial charge < -0.3 is 25.4 Å². The van der Waals surface area contributed by atoms with Crippen molar-refractivity contribution >= 4 is 11.8 Å². The number of carbonyl (C=O) groups excluding carboxylic acids is 2. The Morgan fingerprint density at radius 1 is 1.28 bits per heavy atom. The van der Waals surface area contributed by atoms with Crippen LogP contribution in [-0.4, -0.2) is 52.2 Å². The van der Waals surface area contributed by atoms with Crippen molar-refractivity contribution in [2.75, 3.05) is 40.4 Å². The maximum atomic E-state index is 12.1. The number of carbonyl (C=O) groups is 2. The fourth-order valence-corrected chi connectivity index (χ4v) is 3.23. The van der Waals surface area contributed by atoms with Gasteiger partial charge in [0.15, 0.2) is 18.0 Å². The molecule has 0 aromatic heterocycles. The van der Waals surface area contributed by atoms with Crippen LogP contribution in [0.5, 0.6) is 11.5 Å². The lowest BCUT2D eigenvalue weighted by molar-refractivity contribution is -0.899. The average Bonchev–Trinajstić information content (AvgIpc) is 2.61. The Kier molecular flexibility index (Phi) is 7.06. The molecule has 0 saturated carbocycles. The Hall–Kier alpha value is -2.28. The molecule has 1 aromatic rings. The van der Waals surface area contributed by atoms with Crippen molar-refractivity contribution in [2.24, 2.45) is 11.7 Å². The van der Waals surface area contributed by atoms with Gasteiger partial charge in [-0.25, -0.2) is 0 Å². The molecule has 1 aromatic carbocycles. The van der Waals surface area contributed by atoms with E-state index < -0.39 is 0 Å². The predicted octanol–water partition coefficient (Wildman–Crippen LogP) is -0.857. The lowest BCUT2D eigenvalue weighted by Crippen LogP contribution is -3.15. The zero-order valence-electron chi connectivity index (χ0n) is 15.0. The van der Waals surface area contributed by atoms with Crippen molar-refractivity contribution in [2.45, 2.75) is 19.3 Å². The number of methoxy groups -OCH3 is 2. The second-order valence-corrected chi connectivity index (χ2v) is 6.41. The van der Waals surface area contributed by atoms with E-state index in [-0.39, 0.29) is 17.7 Å². The number of hydrogen-bond acceptors (Lipinski definition) is 4. The first kappa shape index (κ1) is 19.1. The number of amides is 2. The molecule has 1 aliphatic rings. The number of nitrogens with one attached hydrogen (secondary N) is 2. The summed E-state index contributed by atoms with van der Waals surface area (Å²) in [5.74, 6) is 1.00. The zero-order valence-corrected chi connectivity index (χ0v) is 15.0. The van der Waals surface area contributed by atoms with Crippen LogP contribution in [0.15, 0.2) is 18.2 Å². The third kappa shape index (κ3) is 5.63. The molecule has 1 saturated heterocycles. The van der Waals surface area contributed by atoms with Crippen LogP contribution in [0.3, 0.4) is 0 Å². The fourth-order valence-electron chi connectivity index (χ4n) is 3.23. The van der Waals surface area contributed by atoms with Crippen LogP contribution >= 0.6 is 0 Å². The van der Waals surface area contributed by atoms with Crippen molar-refractivity contribution in [1.82, 2.24) is 5.32 Å². The Morgan fingerprint density at radius 2 is 2.04 bits per heavy atom. The first-order valence-electron chi connectivity index (χ1n) is 8.64. The van der Waals surface area contributed by atoms with E-state index in [1.54, 1.807) is 14.2 Å². The zero-order chi connectivity index (χ0) is 18.2. The molecule has 1 heterocycles. The van der Waals surface area contributed by atoms with Crippen LogP contribution in [0.1, 0.15) is 18.4 Å². The molecule has 138 valence electrons. The second-order valence-electron chi connectivity index (χ2n) is 6.41. The number of nitrogens with two attached hydrogens (primary N) is 1. The van der Waals surface area contributed by atoms with Gasteiger partial charge in [0.1, 0.15) is 0 Å². The molecule has 0 aliphatic carbocycles. The minimum atomic E-state index is -0.258. The number of ether oxygens (including phenoxy) is 2. The maximum Gasteiger partial charge on any atom is 0.275 e. The third-order valence-corrected chi connectivity index (χ3v) is 4.61. The van der Waals surface area contributed by atoms with Crippen LogP contribution in [0, 0.1) is 5.92 Å². The summed E-state index contributed by atoms with van der Waals surface area (Å²) in [7, 11) is 3.20. The number of hydrogen-bond donors (Lipinski definition) is 3. The van der Waals surface area contributed by atoms with E-state index in [1.165, 1.54) is 0 Å². The van der Waals surface area contributed by atoms with E-state index in [1.807, 2.05) is 18.2 Å². The van der Waals surface area contributed by atoms with Gasteiger partial charge in [0.25, 0.3) is 5.91 Å². The molecule has 7 heteroatoms. The minimum Gasteiger partial charge on any atom is -0.493 e. The third-order valence-electron chi connectivity index (χ3n) is 4.61. The highest BCUT2D eigenvalue weighted by Crippen LogP contribution is 2.27. The molecule has 2 amide bonds. The first-order valence-corrected chi connectivity index (χ1v) is 8.64. The summed E-state index contributed by atoms with van der Waals surface area (Å²) in [6.45, 7) is 2.50. The quantitative estimate of drug-likeness (QED) is 0.569. The molecule has 0 spiro atoms. The molecule has 1 unspecified atom stereocenters. The summed E-state index contributed by atoms with van der Waals surface area (Å²) in [5, 5.41) is 2.94. The SMILES string of the molecule is COc1ccc(CCNC(=O)C[NH+]2CCC[C@@H](C(N)=O)C2)cc1OC. The lowest BCUT2D eigenvalue weighted by atomic mass is 9.97. The molecular weight excluding hydrogens is 322 g/mol. The van der Waals surface area contributed by atoms with Crippen molar-refractivity contribution in [1.29, 1.82) is 0 Å². The van der Waals surface area contributed by atoms with Crippen LogP contribution in [0.4, 0.5) is 0 Å². The molecule has 25 heavy (non-hydrogen) atoms. The second kappa shape index (κ2) is 9.27. The van der Waals surface area contributed by atoms with E-state index in [4.69, 9.17) is 15.2 Å². The lowest BCUT2D eigenvalue weighted by Gasteiger charge is -2.27. The van der Waals surface area contributed by atoms with Crippen LogP contribution in [0.25, 0.3) is 0 Å². The summed E-state index contributed by atoms with van der Waals surface area (Å²) in [5.41, 5.74) is 6.44.